The molecule has 27 heavy (non-hydrogen) atoms. The van der Waals surface area contributed by atoms with Crippen LogP contribution in [0.2, 0.25) is 0 Å². The molecule has 0 saturated heterocycles. The van der Waals surface area contributed by atoms with Gasteiger partial charge in [-0.3, -0.25) is 4.79 Å². The molecule has 0 aliphatic carbocycles. The van der Waals surface area contributed by atoms with Crippen molar-refractivity contribution in [1.82, 2.24) is 0 Å². The summed E-state index contributed by atoms with van der Waals surface area (Å²) in [5, 5.41) is 2.86. The van der Waals surface area contributed by atoms with Crippen LogP contribution in [0.3, 0.4) is 0 Å². The molecule has 6 nitrogen and oxygen atoms in total. The van der Waals surface area contributed by atoms with Gasteiger partial charge >= 0.3 is 5.97 Å². The lowest BCUT2D eigenvalue weighted by atomic mass is 9.97. The fraction of sp³-hybridized carbons (Fsp3) is 0.619. The number of benzene rings is 1. The molecule has 0 bridgehead atoms. The highest BCUT2D eigenvalue weighted by molar-refractivity contribution is 5.99. The lowest BCUT2D eigenvalue weighted by molar-refractivity contribution is -0.139. The topological polar surface area (TPSA) is 73.9 Å². The molecule has 6 heteroatoms. The molecule has 1 aromatic carbocycles. The molecule has 0 aliphatic rings. The monoisotopic (exact) mass is 379 g/mol. The molecule has 0 spiro atoms. The maximum Gasteiger partial charge on any atom is 0.341 e. The number of hydrogen-bond acceptors (Lipinski definition) is 5. The summed E-state index contributed by atoms with van der Waals surface area (Å²) in [5.41, 5.74) is -0.115. The van der Waals surface area contributed by atoms with Gasteiger partial charge in [0.25, 0.3) is 5.91 Å². The van der Waals surface area contributed by atoms with E-state index in [4.69, 9.17) is 14.2 Å². The largest absolute Gasteiger partial charge is 0.493 e. The lowest BCUT2D eigenvalue weighted by Gasteiger charge is -2.28. The van der Waals surface area contributed by atoms with Crippen LogP contribution in [0.25, 0.3) is 0 Å². The van der Waals surface area contributed by atoms with Crippen molar-refractivity contribution in [1.29, 1.82) is 0 Å². The average molecular weight is 379 g/mol. The van der Waals surface area contributed by atoms with Crippen LogP contribution in [0, 0.1) is 0 Å². The molecule has 1 amide bonds. The van der Waals surface area contributed by atoms with Crippen molar-refractivity contribution in [2.24, 2.45) is 0 Å². The Morgan fingerprint density at radius 1 is 1.11 bits per heavy atom. The second-order valence-corrected chi connectivity index (χ2v) is 6.63. The zero-order valence-corrected chi connectivity index (χ0v) is 17.2. The van der Waals surface area contributed by atoms with Crippen molar-refractivity contribution < 1.29 is 23.8 Å². The fourth-order valence-electron chi connectivity index (χ4n) is 2.68. The molecule has 1 atom stereocenters. The van der Waals surface area contributed by atoms with E-state index in [2.05, 4.69) is 19.2 Å². The highest BCUT2D eigenvalue weighted by atomic mass is 16.5. The van der Waals surface area contributed by atoms with Gasteiger partial charge in [0.15, 0.2) is 0 Å². The van der Waals surface area contributed by atoms with Gasteiger partial charge in [0.1, 0.15) is 16.9 Å². The number of amides is 1. The predicted octanol–water partition coefficient (Wildman–Crippen LogP) is 4.58. The predicted molar refractivity (Wildman–Crippen MR) is 106 cm³/mol. The standard InChI is InChI=1S/C21H33NO5/c1-6-9-13-21(4,27-8-3)20(24)22-16-11-12-18(26-14-10-7-2)17(15-16)19(23)25-5/h11-12,15H,6-10,13-14H2,1-5H3,(H,22,24)/t21-/m1/s1. The van der Waals surface area contributed by atoms with E-state index in [9.17, 15) is 9.59 Å². The number of carbonyl (C=O) groups is 2. The Balaban J connectivity index is 3.01. The van der Waals surface area contributed by atoms with Crippen LogP contribution < -0.4 is 10.1 Å². The van der Waals surface area contributed by atoms with Gasteiger partial charge in [0, 0.05) is 12.3 Å². The lowest BCUT2D eigenvalue weighted by Crippen LogP contribution is -2.42. The second kappa shape index (κ2) is 11.6. The summed E-state index contributed by atoms with van der Waals surface area (Å²) >= 11 is 0. The van der Waals surface area contributed by atoms with Crippen LogP contribution in [0.1, 0.15) is 70.2 Å². The number of nitrogens with one attached hydrogen (secondary N) is 1. The first-order valence-corrected chi connectivity index (χ1v) is 9.72. The third-order valence-electron chi connectivity index (χ3n) is 4.35. The molecule has 1 aromatic rings. The molecule has 0 aliphatic heterocycles. The van der Waals surface area contributed by atoms with Crippen LogP contribution >= 0.6 is 0 Å². The number of ether oxygens (including phenoxy) is 3. The number of methoxy groups -OCH3 is 1. The fourth-order valence-corrected chi connectivity index (χ4v) is 2.68. The van der Waals surface area contributed by atoms with E-state index in [0.29, 0.717) is 31.1 Å². The van der Waals surface area contributed by atoms with Gasteiger partial charge < -0.3 is 19.5 Å². The van der Waals surface area contributed by atoms with Crippen molar-refractivity contribution in [3.05, 3.63) is 23.8 Å². The zero-order valence-electron chi connectivity index (χ0n) is 17.2. The number of anilines is 1. The number of carbonyl (C=O) groups excluding carboxylic acids is 2. The van der Waals surface area contributed by atoms with Crippen LogP contribution in [0.4, 0.5) is 5.69 Å². The number of hydrogen-bond donors (Lipinski definition) is 1. The maximum atomic E-state index is 12.8. The Labute approximate surface area is 162 Å². The average Bonchev–Trinajstić information content (AvgIpc) is 2.67. The molecular formula is C21H33NO5. The molecule has 0 aromatic heterocycles. The third kappa shape index (κ3) is 6.86. The summed E-state index contributed by atoms with van der Waals surface area (Å²) in [6.45, 7) is 8.78. The summed E-state index contributed by atoms with van der Waals surface area (Å²) in [6, 6.07) is 4.98. The Hall–Kier alpha value is -2.08. The van der Waals surface area contributed by atoms with Gasteiger partial charge in [-0.1, -0.05) is 33.1 Å². The first-order valence-electron chi connectivity index (χ1n) is 9.72. The van der Waals surface area contributed by atoms with E-state index in [1.165, 1.54) is 7.11 Å². The van der Waals surface area contributed by atoms with Crippen LogP contribution in [-0.4, -0.2) is 37.8 Å². The third-order valence-corrected chi connectivity index (χ3v) is 4.35. The molecular weight excluding hydrogens is 346 g/mol. The molecule has 0 fully saturated rings. The highest BCUT2D eigenvalue weighted by Crippen LogP contribution is 2.26. The summed E-state index contributed by atoms with van der Waals surface area (Å²) in [4.78, 5) is 24.9. The van der Waals surface area contributed by atoms with Crippen molar-refractivity contribution in [3.63, 3.8) is 0 Å². The first-order chi connectivity index (χ1) is 12.9. The summed E-state index contributed by atoms with van der Waals surface area (Å²) in [5.74, 6) is -0.281. The Morgan fingerprint density at radius 3 is 2.41 bits per heavy atom. The molecule has 0 radical (unpaired) electrons. The minimum absolute atomic E-state index is 0.228. The number of unbranched alkanes of at least 4 members (excludes halogenated alkanes) is 2. The minimum Gasteiger partial charge on any atom is -0.493 e. The highest BCUT2D eigenvalue weighted by Gasteiger charge is 2.33. The molecule has 0 heterocycles. The Bertz CT molecular complexity index is 617. The molecule has 152 valence electrons. The summed E-state index contributed by atoms with van der Waals surface area (Å²) in [6.07, 6.45) is 4.39. The van der Waals surface area contributed by atoms with Gasteiger partial charge in [0.2, 0.25) is 0 Å². The van der Waals surface area contributed by atoms with Crippen molar-refractivity contribution in [3.8, 4) is 5.75 Å². The van der Waals surface area contributed by atoms with Crippen LogP contribution in [0.5, 0.6) is 5.75 Å². The van der Waals surface area contributed by atoms with E-state index in [1.807, 2.05) is 6.92 Å². The van der Waals surface area contributed by atoms with E-state index in [0.717, 1.165) is 25.7 Å². The van der Waals surface area contributed by atoms with E-state index < -0.39 is 11.6 Å². The van der Waals surface area contributed by atoms with Gasteiger partial charge in [-0.05, 0) is 44.9 Å². The SMILES string of the molecule is CCCCOc1ccc(NC(=O)[C@@](C)(CCCC)OCC)cc1C(=O)OC. The van der Waals surface area contributed by atoms with Crippen LogP contribution in [0.15, 0.2) is 18.2 Å². The zero-order chi connectivity index (χ0) is 20.3. The maximum absolute atomic E-state index is 12.8. The number of esters is 1. The smallest absolute Gasteiger partial charge is 0.341 e. The van der Waals surface area contributed by atoms with Gasteiger partial charge in [-0.2, -0.15) is 0 Å². The van der Waals surface area contributed by atoms with Crippen molar-refractivity contribution in [2.45, 2.75) is 65.4 Å². The van der Waals surface area contributed by atoms with Gasteiger partial charge in [0.05, 0.1) is 13.7 Å². The Morgan fingerprint density at radius 2 is 1.81 bits per heavy atom. The van der Waals surface area contributed by atoms with Gasteiger partial charge in [-0.25, -0.2) is 4.79 Å². The Kier molecular flexibility index (Phi) is 9.86. The minimum atomic E-state index is -0.910. The molecule has 1 rings (SSSR count). The van der Waals surface area contributed by atoms with E-state index >= 15 is 0 Å². The van der Waals surface area contributed by atoms with Gasteiger partial charge in [-0.15, -0.1) is 0 Å². The van der Waals surface area contributed by atoms with E-state index in [-0.39, 0.29) is 11.5 Å². The van der Waals surface area contributed by atoms with E-state index in [1.54, 1.807) is 25.1 Å². The molecule has 1 N–H and O–H groups in total. The van der Waals surface area contributed by atoms with Crippen LogP contribution in [-0.2, 0) is 14.3 Å². The van der Waals surface area contributed by atoms with Crippen molar-refractivity contribution in [2.75, 3.05) is 25.6 Å². The summed E-state index contributed by atoms with van der Waals surface area (Å²) in [7, 11) is 1.32. The normalized spacial score (nSPS) is 12.9. The first kappa shape index (κ1) is 23.0. The second-order valence-electron chi connectivity index (χ2n) is 6.63. The van der Waals surface area contributed by atoms with Crippen molar-refractivity contribution >= 4 is 17.6 Å². The number of rotatable bonds is 12. The molecule has 0 saturated carbocycles. The quantitative estimate of drug-likeness (QED) is 0.425. The molecule has 0 unspecified atom stereocenters. The summed E-state index contributed by atoms with van der Waals surface area (Å²) < 4.78 is 16.3.